The van der Waals surface area contributed by atoms with Gasteiger partial charge in [0.05, 0.1) is 16.1 Å². The van der Waals surface area contributed by atoms with Crippen molar-refractivity contribution in [3.63, 3.8) is 0 Å². The van der Waals surface area contributed by atoms with E-state index in [1.165, 1.54) is 5.56 Å². The van der Waals surface area contributed by atoms with E-state index < -0.39 is 5.66 Å². The summed E-state index contributed by atoms with van der Waals surface area (Å²) in [7, 11) is 0. The molecule has 0 amide bonds. The minimum absolute atomic E-state index is 0.165. The average molecular weight is 409 g/mol. The Labute approximate surface area is 179 Å². The molecule has 2 heterocycles. The van der Waals surface area contributed by atoms with Crippen LogP contribution in [-0.4, -0.2) is 33.9 Å². The van der Waals surface area contributed by atoms with Crippen LogP contribution in [0.1, 0.15) is 18.4 Å². The monoisotopic (exact) mass is 409 g/mol. The molecule has 1 spiro atoms. The molecule has 0 aromatic heterocycles. The Balaban J connectivity index is 1.40. The fraction of sp³-hybridized carbons (Fsp3) is 0.231. The van der Waals surface area contributed by atoms with Crippen LogP contribution in [0, 0.1) is 0 Å². The van der Waals surface area contributed by atoms with E-state index in [1.54, 1.807) is 0 Å². The predicted molar refractivity (Wildman–Crippen MR) is 121 cm³/mol. The van der Waals surface area contributed by atoms with Crippen molar-refractivity contribution in [1.29, 1.82) is 0 Å². The molecular weight excluding hydrogens is 386 g/mol. The van der Waals surface area contributed by atoms with Gasteiger partial charge in [0.1, 0.15) is 11.5 Å². The molecule has 5 nitrogen and oxygen atoms in total. The fourth-order valence-corrected chi connectivity index (χ4v) is 4.99. The molecule has 0 bridgehead atoms. The van der Waals surface area contributed by atoms with Crippen molar-refractivity contribution in [1.82, 2.24) is 4.90 Å². The van der Waals surface area contributed by atoms with Crippen molar-refractivity contribution >= 4 is 21.5 Å². The molecule has 0 radical (unpaired) electrons. The molecule has 2 aliphatic rings. The number of rotatable bonds is 2. The molecule has 154 valence electrons. The number of likely N-dealkylation sites (tertiary alicyclic amines) is 1. The largest absolute Gasteiger partial charge is 0.507 e. The first kappa shape index (κ1) is 18.3. The molecule has 1 saturated heterocycles. The Morgan fingerprint density at radius 2 is 1.42 bits per heavy atom. The van der Waals surface area contributed by atoms with Gasteiger partial charge in [-0.2, -0.15) is 0 Å². The van der Waals surface area contributed by atoms with E-state index >= 15 is 0 Å². The highest BCUT2D eigenvalue weighted by atomic mass is 16.3. The molecular formula is C26H23N3O2. The smallest absolute Gasteiger partial charge is 0.154 e. The normalized spacial score (nSPS) is 17.5. The summed E-state index contributed by atoms with van der Waals surface area (Å²) in [4.78, 5) is 12.5. The number of aromatic hydroxyl groups is 2. The van der Waals surface area contributed by atoms with Crippen LogP contribution in [0.2, 0.25) is 0 Å². The predicted octanol–water partition coefficient (Wildman–Crippen LogP) is 3.65. The average Bonchev–Trinajstić information content (AvgIpc) is 3.17. The second-order valence-corrected chi connectivity index (χ2v) is 8.57. The lowest BCUT2D eigenvalue weighted by Gasteiger charge is -2.35. The Bertz CT molecular complexity index is 1440. The first-order valence-corrected chi connectivity index (χ1v) is 10.7. The van der Waals surface area contributed by atoms with Gasteiger partial charge in [-0.3, -0.25) is 14.9 Å². The van der Waals surface area contributed by atoms with Crippen molar-refractivity contribution in [2.24, 2.45) is 9.98 Å². The zero-order chi connectivity index (χ0) is 21.0. The van der Waals surface area contributed by atoms with E-state index in [9.17, 15) is 10.2 Å². The van der Waals surface area contributed by atoms with Gasteiger partial charge in [-0.25, -0.2) is 0 Å². The summed E-state index contributed by atoms with van der Waals surface area (Å²) in [5.74, 6) is 0.345. The Hall–Kier alpha value is -3.44. The Morgan fingerprint density at radius 1 is 0.742 bits per heavy atom. The number of hydrogen-bond acceptors (Lipinski definition) is 5. The maximum absolute atomic E-state index is 11.1. The van der Waals surface area contributed by atoms with Crippen LogP contribution in [0.5, 0.6) is 11.5 Å². The molecule has 4 aromatic rings. The summed E-state index contributed by atoms with van der Waals surface area (Å²) >= 11 is 0. The summed E-state index contributed by atoms with van der Waals surface area (Å²) < 4.78 is 0. The summed E-state index contributed by atoms with van der Waals surface area (Å²) in [5, 5.41) is 25.9. The summed E-state index contributed by atoms with van der Waals surface area (Å²) in [6.45, 7) is 2.79. The number of hydrogen-bond donors (Lipinski definition) is 2. The van der Waals surface area contributed by atoms with E-state index in [4.69, 9.17) is 9.98 Å². The Kier molecular flexibility index (Phi) is 4.02. The lowest BCUT2D eigenvalue weighted by Crippen LogP contribution is -2.41. The summed E-state index contributed by atoms with van der Waals surface area (Å²) in [6, 6.07) is 21.7. The van der Waals surface area contributed by atoms with Gasteiger partial charge < -0.3 is 10.2 Å². The van der Waals surface area contributed by atoms with Crippen LogP contribution in [0.15, 0.2) is 76.7 Å². The molecule has 1 fully saturated rings. The van der Waals surface area contributed by atoms with Gasteiger partial charge in [0.2, 0.25) is 0 Å². The van der Waals surface area contributed by atoms with Crippen molar-refractivity contribution in [3.05, 3.63) is 83.0 Å². The maximum Gasteiger partial charge on any atom is 0.154 e. The molecule has 4 aromatic carbocycles. The highest BCUT2D eigenvalue weighted by Crippen LogP contribution is 2.40. The second kappa shape index (κ2) is 6.79. The number of piperidine rings is 1. The fourth-order valence-electron chi connectivity index (χ4n) is 4.99. The van der Waals surface area contributed by atoms with Crippen LogP contribution in [-0.2, 0) is 6.54 Å². The Morgan fingerprint density at radius 3 is 2.16 bits per heavy atom. The molecule has 0 unspecified atom stereocenters. The highest BCUT2D eigenvalue weighted by Gasteiger charge is 2.36. The maximum atomic E-state index is 11.1. The zero-order valence-corrected chi connectivity index (χ0v) is 17.1. The van der Waals surface area contributed by atoms with Gasteiger partial charge in [0.15, 0.2) is 5.66 Å². The lowest BCUT2D eigenvalue weighted by molar-refractivity contribution is 0.160. The van der Waals surface area contributed by atoms with Gasteiger partial charge in [-0.15, -0.1) is 0 Å². The third kappa shape index (κ3) is 2.88. The third-order valence-electron chi connectivity index (χ3n) is 6.64. The number of phenols is 2. The summed E-state index contributed by atoms with van der Waals surface area (Å²) in [5.41, 5.74) is 0.845. The first-order valence-electron chi connectivity index (χ1n) is 10.7. The number of phenolic OH excluding ortho intramolecular Hbond substituents is 2. The molecule has 2 aliphatic heterocycles. The second-order valence-electron chi connectivity index (χ2n) is 8.57. The molecule has 6 rings (SSSR count). The molecule has 31 heavy (non-hydrogen) atoms. The topological polar surface area (TPSA) is 68.4 Å². The van der Waals surface area contributed by atoms with Crippen molar-refractivity contribution in [2.45, 2.75) is 25.0 Å². The third-order valence-corrected chi connectivity index (χ3v) is 6.64. The highest BCUT2D eigenvalue weighted by molar-refractivity contribution is 6.10. The van der Waals surface area contributed by atoms with E-state index in [-0.39, 0.29) is 11.5 Å². The number of fused-ring (bicyclic) bond motifs is 4. The van der Waals surface area contributed by atoms with Crippen molar-refractivity contribution < 1.29 is 10.2 Å². The van der Waals surface area contributed by atoms with Crippen LogP contribution in [0.25, 0.3) is 21.5 Å². The van der Waals surface area contributed by atoms with Crippen molar-refractivity contribution in [2.75, 3.05) is 13.1 Å². The molecule has 0 saturated carbocycles. The van der Waals surface area contributed by atoms with E-state index in [0.717, 1.165) is 37.8 Å². The quantitative estimate of drug-likeness (QED) is 0.392. The van der Waals surface area contributed by atoms with Gasteiger partial charge in [-0.1, -0.05) is 54.6 Å². The first-order chi connectivity index (χ1) is 15.1. The molecule has 0 aliphatic carbocycles. The standard InChI is InChI=1S/C26H23N3O2/c30-24-18-8-4-5-9-19(18)25(31)22-20(24)10-11-21-23(22)28-26(27-21)12-14-29(15-13-26)16-17-6-2-1-3-7-17/h1-11,30-31H,12-16H2. The minimum Gasteiger partial charge on any atom is -0.507 e. The van der Waals surface area contributed by atoms with E-state index in [1.807, 2.05) is 42.5 Å². The lowest BCUT2D eigenvalue weighted by atomic mass is 9.98. The molecule has 2 N–H and O–H groups in total. The van der Waals surface area contributed by atoms with Crippen LogP contribution < -0.4 is 10.7 Å². The van der Waals surface area contributed by atoms with Gasteiger partial charge >= 0.3 is 0 Å². The summed E-state index contributed by atoms with van der Waals surface area (Å²) in [6.07, 6.45) is 1.69. The van der Waals surface area contributed by atoms with E-state index in [0.29, 0.717) is 26.9 Å². The number of benzene rings is 4. The van der Waals surface area contributed by atoms with Crippen LogP contribution in [0.4, 0.5) is 0 Å². The van der Waals surface area contributed by atoms with Crippen LogP contribution >= 0.6 is 0 Å². The van der Waals surface area contributed by atoms with Crippen LogP contribution in [0.3, 0.4) is 0 Å². The SMILES string of the molecule is Oc1c2ccccc2c(O)c2c3c(ccc12)=NC1(CCN(Cc2ccccc2)CC1)N=3. The minimum atomic E-state index is -0.475. The van der Waals surface area contributed by atoms with Gasteiger partial charge in [0, 0.05) is 48.6 Å². The van der Waals surface area contributed by atoms with E-state index in [2.05, 4.69) is 29.2 Å². The molecule has 5 heteroatoms. The number of nitrogens with zero attached hydrogens (tertiary/aromatic N) is 3. The van der Waals surface area contributed by atoms with Gasteiger partial charge in [-0.05, 0) is 17.7 Å². The van der Waals surface area contributed by atoms with Crippen molar-refractivity contribution in [3.8, 4) is 11.5 Å². The van der Waals surface area contributed by atoms with Gasteiger partial charge in [0.25, 0.3) is 0 Å². The zero-order valence-electron chi connectivity index (χ0n) is 17.1. The molecule has 0 atom stereocenters.